The van der Waals surface area contributed by atoms with E-state index in [1.807, 2.05) is 35.3 Å². The molecule has 0 spiro atoms. The Morgan fingerprint density at radius 1 is 1.19 bits per heavy atom. The Labute approximate surface area is 180 Å². The van der Waals surface area contributed by atoms with Crippen molar-refractivity contribution in [2.45, 2.75) is 51.8 Å². The standard InChI is InChI=1S/C21H26N8O2/c1-4-29-18(14-9-22-13(2)23-10-14)26-17-19(29)24-12-25-20(17)31-16-7-8-28(11-16)21(30)27(3)15-5-6-15/h9-10,12,15-16H,4-8,11H2,1-3H3. The minimum absolute atomic E-state index is 0.0818. The second kappa shape index (κ2) is 7.75. The molecule has 10 nitrogen and oxygen atoms in total. The van der Waals surface area contributed by atoms with E-state index in [0.717, 1.165) is 30.7 Å². The summed E-state index contributed by atoms with van der Waals surface area (Å²) in [5.41, 5.74) is 2.14. The smallest absolute Gasteiger partial charge is 0.320 e. The molecule has 1 unspecified atom stereocenters. The molecule has 0 N–H and O–H groups in total. The molecular formula is C21H26N8O2. The van der Waals surface area contributed by atoms with Crippen molar-refractivity contribution >= 4 is 17.2 Å². The van der Waals surface area contributed by atoms with Crippen LogP contribution < -0.4 is 4.74 Å². The number of carbonyl (C=O) groups excluding carboxylic acids is 1. The number of carbonyl (C=O) groups is 1. The summed E-state index contributed by atoms with van der Waals surface area (Å²) in [6, 6.07) is 0.481. The molecule has 0 bridgehead atoms. The predicted octanol–water partition coefficient (Wildman–Crippen LogP) is 2.28. The Balaban J connectivity index is 1.39. The highest BCUT2D eigenvalue weighted by Gasteiger charge is 2.36. The maximum atomic E-state index is 12.6. The highest BCUT2D eigenvalue weighted by atomic mass is 16.5. The zero-order chi connectivity index (χ0) is 21.5. The highest BCUT2D eigenvalue weighted by molar-refractivity contribution is 5.81. The number of urea groups is 1. The third-order valence-electron chi connectivity index (χ3n) is 5.94. The molecule has 1 atom stereocenters. The van der Waals surface area contributed by atoms with E-state index in [4.69, 9.17) is 9.72 Å². The van der Waals surface area contributed by atoms with E-state index < -0.39 is 0 Å². The Morgan fingerprint density at radius 2 is 1.97 bits per heavy atom. The Bertz CT molecular complexity index is 1110. The van der Waals surface area contributed by atoms with E-state index in [0.29, 0.717) is 48.5 Å². The number of rotatable bonds is 5. The second-order valence-corrected chi connectivity index (χ2v) is 8.15. The van der Waals surface area contributed by atoms with Crippen molar-refractivity contribution in [2.24, 2.45) is 0 Å². The number of nitrogens with zero attached hydrogens (tertiary/aromatic N) is 8. The first kappa shape index (κ1) is 19.7. The number of amides is 2. The first-order valence-corrected chi connectivity index (χ1v) is 10.7. The van der Waals surface area contributed by atoms with E-state index >= 15 is 0 Å². The number of fused-ring (bicyclic) bond motifs is 1. The molecular weight excluding hydrogens is 396 g/mol. The van der Waals surface area contributed by atoms with E-state index in [9.17, 15) is 4.79 Å². The van der Waals surface area contributed by atoms with Gasteiger partial charge in [0.25, 0.3) is 0 Å². The summed E-state index contributed by atoms with van der Waals surface area (Å²) in [6.45, 7) is 5.81. The number of aromatic nitrogens is 6. The average Bonchev–Trinajstić information content (AvgIpc) is 3.41. The zero-order valence-electron chi connectivity index (χ0n) is 18.0. The average molecular weight is 422 g/mol. The summed E-state index contributed by atoms with van der Waals surface area (Å²) in [6.07, 6.45) is 7.88. The fraction of sp³-hybridized carbons (Fsp3) is 0.524. The van der Waals surface area contributed by atoms with Gasteiger partial charge in [-0.3, -0.25) is 0 Å². The fourth-order valence-electron chi connectivity index (χ4n) is 4.03. The lowest BCUT2D eigenvalue weighted by atomic mass is 10.3. The summed E-state index contributed by atoms with van der Waals surface area (Å²) in [7, 11) is 1.88. The molecule has 0 aromatic carbocycles. The summed E-state index contributed by atoms with van der Waals surface area (Å²) in [5.74, 6) is 1.89. The molecule has 1 saturated carbocycles. The minimum Gasteiger partial charge on any atom is -0.471 e. The molecule has 5 rings (SSSR count). The van der Waals surface area contributed by atoms with Crippen LogP contribution in [0.3, 0.4) is 0 Å². The molecule has 1 aliphatic carbocycles. The number of aryl methyl sites for hydroxylation is 2. The van der Waals surface area contributed by atoms with Crippen LogP contribution in [0.2, 0.25) is 0 Å². The van der Waals surface area contributed by atoms with Crippen molar-refractivity contribution in [3.05, 3.63) is 24.5 Å². The third kappa shape index (κ3) is 3.66. The molecule has 3 aromatic heterocycles. The lowest BCUT2D eigenvalue weighted by Gasteiger charge is -2.24. The third-order valence-corrected chi connectivity index (χ3v) is 5.94. The predicted molar refractivity (Wildman–Crippen MR) is 114 cm³/mol. The summed E-state index contributed by atoms with van der Waals surface area (Å²) in [5, 5.41) is 0. The molecule has 31 heavy (non-hydrogen) atoms. The fourth-order valence-corrected chi connectivity index (χ4v) is 4.03. The number of hydrogen-bond donors (Lipinski definition) is 0. The monoisotopic (exact) mass is 422 g/mol. The van der Waals surface area contributed by atoms with Crippen LogP contribution in [0.5, 0.6) is 5.88 Å². The second-order valence-electron chi connectivity index (χ2n) is 8.15. The minimum atomic E-state index is -0.118. The van der Waals surface area contributed by atoms with Gasteiger partial charge in [-0.1, -0.05) is 0 Å². The highest BCUT2D eigenvalue weighted by Crippen LogP contribution is 2.30. The van der Waals surface area contributed by atoms with Crippen molar-refractivity contribution < 1.29 is 9.53 Å². The first-order chi connectivity index (χ1) is 15.0. The topological polar surface area (TPSA) is 102 Å². The van der Waals surface area contributed by atoms with Gasteiger partial charge >= 0.3 is 6.03 Å². The lowest BCUT2D eigenvalue weighted by molar-refractivity contribution is 0.158. The van der Waals surface area contributed by atoms with Gasteiger partial charge in [0, 0.05) is 45.0 Å². The van der Waals surface area contributed by atoms with Gasteiger partial charge < -0.3 is 19.1 Å². The number of ether oxygens (including phenoxy) is 1. The van der Waals surface area contributed by atoms with Gasteiger partial charge in [-0.25, -0.2) is 24.7 Å². The first-order valence-electron chi connectivity index (χ1n) is 10.7. The van der Waals surface area contributed by atoms with Crippen LogP contribution in [0.4, 0.5) is 4.79 Å². The van der Waals surface area contributed by atoms with Gasteiger partial charge in [0.15, 0.2) is 11.2 Å². The van der Waals surface area contributed by atoms with Gasteiger partial charge in [-0.15, -0.1) is 0 Å². The summed E-state index contributed by atoms with van der Waals surface area (Å²) < 4.78 is 8.23. The summed E-state index contributed by atoms with van der Waals surface area (Å²) >= 11 is 0. The number of imidazole rings is 1. The van der Waals surface area contributed by atoms with Gasteiger partial charge in [0.1, 0.15) is 24.1 Å². The molecule has 2 fully saturated rings. The Kier molecular flexibility index (Phi) is 4.91. The molecule has 2 amide bonds. The summed E-state index contributed by atoms with van der Waals surface area (Å²) in [4.78, 5) is 38.5. The van der Waals surface area contributed by atoms with E-state index in [1.54, 1.807) is 12.4 Å². The van der Waals surface area contributed by atoms with Gasteiger partial charge in [0.2, 0.25) is 5.88 Å². The van der Waals surface area contributed by atoms with Crippen molar-refractivity contribution in [1.82, 2.24) is 39.3 Å². The zero-order valence-corrected chi connectivity index (χ0v) is 18.0. The van der Waals surface area contributed by atoms with E-state index in [2.05, 4.69) is 19.9 Å². The lowest BCUT2D eigenvalue weighted by Crippen LogP contribution is -2.41. The van der Waals surface area contributed by atoms with Crippen LogP contribution in [0.15, 0.2) is 18.7 Å². The molecule has 1 aliphatic heterocycles. The molecule has 1 saturated heterocycles. The molecule has 162 valence electrons. The Hall–Kier alpha value is -3.30. The quantitative estimate of drug-likeness (QED) is 0.621. The maximum absolute atomic E-state index is 12.6. The van der Waals surface area contributed by atoms with Crippen molar-refractivity contribution in [3.63, 3.8) is 0 Å². The van der Waals surface area contributed by atoms with Crippen molar-refractivity contribution in [3.8, 4) is 17.3 Å². The van der Waals surface area contributed by atoms with Crippen LogP contribution >= 0.6 is 0 Å². The van der Waals surface area contributed by atoms with Gasteiger partial charge in [-0.2, -0.15) is 4.98 Å². The van der Waals surface area contributed by atoms with Crippen molar-refractivity contribution in [1.29, 1.82) is 0 Å². The Morgan fingerprint density at radius 3 is 2.68 bits per heavy atom. The molecule has 10 heteroatoms. The van der Waals surface area contributed by atoms with Gasteiger partial charge in [0.05, 0.1) is 12.1 Å². The van der Waals surface area contributed by atoms with Crippen LogP contribution in [-0.4, -0.2) is 77.6 Å². The van der Waals surface area contributed by atoms with E-state index in [-0.39, 0.29) is 12.1 Å². The van der Waals surface area contributed by atoms with Crippen LogP contribution in [0.1, 0.15) is 32.0 Å². The maximum Gasteiger partial charge on any atom is 0.320 e. The number of likely N-dealkylation sites (tertiary alicyclic amines) is 1. The normalized spacial score (nSPS) is 18.5. The molecule has 3 aromatic rings. The SMILES string of the molecule is CCn1c(-c2cnc(C)nc2)nc2c(OC3CCN(C(=O)N(C)C4CC4)C3)ncnc21. The largest absolute Gasteiger partial charge is 0.471 e. The van der Waals surface area contributed by atoms with Crippen LogP contribution in [0.25, 0.3) is 22.6 Å². The van der Waals surface area contributed by atoms with Crippen LogP contribution in [0, 0.1) is 6.92 Å². The van der Waals surface area contributed by atoms with Crippen molar-refractivity contribution in [2.75, 3.05) is 20.1 Å². The van der Waals surface area contributed by atoms with Crippen LogP contribution in [-0.2, 0) is 6.54 Å². The molecule has 4 heterocycles. The van der Waals surface area contributed by atoms with Gasteiger partial charge in [-0.05, 0) is 26.7 Å². The molecule has 2 aliphatic rings. The van der Waals surface area contributed by atoms with E-state index in [1.165, 1.54) is 6.33 Å². The molecule has 0 radical (unpaired) electrons. The number of hydrogen-bond acceptors (Lipinski definition) is 7.